The number of hydrogen-bond donors (Lipinski definition) is 3. The van der Waals surface area contributed by atoms with Gasteiger partial charge in [-0.3, -0.25) is 0 Å². The minimum atomic E-state index is -0.461. The van der Waals surface area contributed by atoms with Crippen molar-refractivity contribution in [3.63, 3.8) is 0 Å². The third kappa shape index (κ3) is 4.25. The molecule has 116 valence electrons. The number of nitrogens with one attached hydrogen (secondary N) is 2. The van der Waals surface area contributed by atoms with Crippen LogP contribution in [0.4, 0.5) is 16.2 Å². The minimum Gasteiger partial charge on any atom is -0.391 e. The maximum atomic E-state index is 12.1. The van der Waals surface area contributed by atoms with Gasteiger partial charge in [0.05, 0.1) is 23.5 Å². The number of anilines is 2. The summed E-state index contributed by atoms with van der Waals surface area (Å²) in [5.41, 5.74) is 1.52. The Morgan fingerprint density at radius 1 is 1.33 bits per heavy atom. The van der Waals surface area contributed by atoms with E-state index in [1.165, 1.54) is 0 Å². The molecule has 1 aliphatic carbocycles. The number of rotatable bonds is 3. The molecule has 2 unspecified atom stereocenters. The van der Waals surface area contributed by atoms with Crippen LogP contribution in [0.15, 0.2) is 18.2 Å². The first-order chi connectivity index (χ1) is 9.97. The van der Waals surface area contributed by atoms with Crippen molar-refractivity contribution in [3.8, 4) is 0 Å². The first-order valence-corrected chi connectivity index (χ1v) is 7.57. The molecular weight excluding hydrogens is 290 g/mol. The second-order valence-electron chi connectivity index (χ2n) is 5.61. The van der Waals surface area contributed by atoms with Crippen LogP contribution in [-0.4, -0.2) is 37.4 Å². The summed E-state index contributed by atoms with van der Waals surface area (Å²) in [6, 6.07) is 4.86. The van der Waals surface area contributed by atoms with Gasteiger partial charge in [-0.15, -0.1) is 0 Å². The van der Waals surface area contributed by atoms with E-state index in [1.54, 1.807) is 12.1 Å². The summed E-state index contributed by atoms with van der Waals surface area (Å²) in [6.07, 6.45) is 3.13. The molecule has 0 aliphatic heterocycles. The van der Waals surface area contributed by atoms with Gasteiger partial charge in [-0.2, -0.15) is 0 Å². The average Bonchev–Trinajstić information content (AvgIpc) is 2.41. The lowest BCUT2D eigenvalue weighted by Crippen LogP contribution is -2.46. The van der Waals surface area contributed by atoms with Crippen LogP contribution in [0.3, 0.4) is 0 Å². The molecule has 5 nitrogen and oxygen atoms in total. The van der Waals surface area contributed by atoms with Crippen LogP contribution in [-0.2, 0) is 0 Å². The fourth-order valence-corrected chi connectivity index (χ4v) is 2.78. The highest BCUT2D eigenvalue weighted by atomic mass is 35.5. The van der Waals surface area contributed by atoms with E-state index in [-0.39, 0.29) is 12.1 Å². The van der Waals surface area contributed by atoms with Crippen molar-refractivity contribution in [1.29, 1.82) is 0 Å². The lowest BCUT2D eigenvalue weighted by Gasteiger charge is -2.28. The van der Waals surface area contributed by atoms with E-state index >= 15 is 0 Å². The number of urea groups is 1. The van der Waals surface area contributed by atoms with Gasteiger partial charge >= 0.3 is 6.03 Å². The maximum absolute atomic E-state index is 12.1. The molecule has 0 aromatic heterocycles. The molecule has 2 atom stereocenters. The van der Waals surface area contributed by atoms with Crippen LogP contribution >= 0.6 is 11.6 Å². The first-order valence-electron chi connectivity index (χ1n) is 7.20. The zero-order chi connectivity index (χ0) is 15.4. The molecule has 21 heavy (non-hydrogen) atoms. The Balaban J connectivity index is 2.03. The van der Waals surface area contributed by atoms with Crippen molar-refractivity contribution in [2.24, 2.45) is 0 Å². The maximum Gasteiger partial charge on any atom is 0.319 e. The van der Waals surface area contributed by atoms with Gasteiger partial charge in [0.25, 0.3) is 0 Å². The Hall–Kier alpha value is -1.46. The van der Waals surface area contributed by atoms with Crippen molar-refractivity contribution in [1.82, 2.24) is 5.32 Å². The summed E-state index contributed by atoms with van der Waals surface area (Å²) in [5, 5.41) is 16.1. The predicted molar refractivity (Wildman–Crippen MR) is 86.2 cm³/mol. The number of amides is 2. The highest BCUT2D eigenvalue weighted by Gasteiger charge is 2.24. The van der Waals surface area contributed by atoms with Crippen molar-refractivity contribution in [3.05, 3.63) is 23.2 Å². The number of carbonyl (C=O) groups is 1. The molecule has 0 saturated heterocycles. The quantitative estimate of drug-likeness (QED) is 0.804. The summed E-state index contributed by atoms with van der Waals surface area (Å²) in [7, 11) is 3.80. The predicted octanol–water partition coefficient (Wildman–Crippen LogP) is 2.83. The van der Waals surface area contributed by atoms with E-state index in [1.807, 2.05) is 25.1 Å². The lowest BCUT2D eigenvalue weighted by molar-refractivity contribution is 0.0955. The topological polar surface area (TPSA) is 64.6 Å². The molecule has 1 aromatic rings. The molecule has 1 aromatic carbocycles. The third-order valence-electron chi connectivity index (χ3n) is 3.73. The standard InChI is InChI=1S/C15H22ClN3O2/c1-19(2)13-8-7-10(16)9-12(13)18-15(21)17-11-5-3-4-6-14(11)20/h7-9,11,14,20H,3-6H2,1-2H3,(H2,17,18,21). The van der Waals surface area contributed by atoms with Crippen LogP contribution in [0.1, 0.15) is 25.7 Å². The molecule has 0 bridgehead atoms. The van der Waals surface area contributed by atoms with E-state index in [0.29, 0.717) is 10.7 Å². The summed E-state index contributed by atoms with van der Waals surface area (Å²) in [6.45, 7) is 0. The minimum absolute atomic E-state index is 0.180. The van der Waals surface area contributed by atoms with E-state index < -0.39 is 6.10 Å². The number of nitrogens with zero attached hydrogens (tertiary/aromatic N) is 1. The van der Waals surface area contributed by atoms with Gasteiger partial charge in [0, 0.05) is 19.1 Å². The van der Waals surface area contributed by atoms with Gasteiger partial charge in [0.2, 0.25) is 0 Å². The van der Waals surface area contributed by atoms with Gasteiger partial charge < -0.3 is 20.6 Å². The van der Waals surface area contributed by atoms with Crippen LogP contribution in [0.2, 0.25) is 5.02 Å². The Labute approximate surface area is 130 Å². The fraction of sp³-hybridized carbons (Fsp3) is 0.533. The summed E-state index contributed by atoms with van der Waals surface area (Å²) in [5.74, 6) is 0. The first kappa shape index (κ1) is 15.9. The molecule has 2 rings (SSSR count). The Morgan fingerprint density at radius 3 is 2.71 bits per heavy atom. The molecule has 0 heterocycles. The number of hydrogen-bond acceptors (Lipinski definition) is 3. The van der Waals surface area contributed by atoms with E-state index in [9.17, 15) is 9.90 Å². The van der Waals surface area contributed by atoms with E-state index in [0.717, 1.165) is 31.4 Å². The van der Waals surface area contributed by atoms with Gasteiger partial charge in [-0.1, -0.05) is 24.4 Å². The number of benzene rings is 1. The molecule has 1 saturated carbocycles. The van der Waals surface area contributed by atoms with Crippen molar-refractivity contribution < 1.29 is 9.90 Å². The molecule has 1 aliphatic rings. The largest absolute Gasteiger partial charge is 0.391 e. The summed E-state index contributed by atoms with van der Waals surface area (Å²) >= 11 is 5.99. The van der Waals surface area contributed by atoms with E-state index in [4.69, 9.17) is 11.6 Å². The molecule has 1 fully saturated rings. The van der Waals surface area contributed by atoms with E-state index in [2.05, 4.69) is 10.6 Å². The average molecular weight is 312 g/mol. The second-order valence-corrected chi connectivity index (χ2v) is 6.05. The van der Waals surface area contributed by atoms with Crippen molar-refractivity contribution >= 4 is 29.0 Å². The molecule has 6 heteroatoms. The highest BCUT2D eigenvalue weighted by molar-refractivity contribution is 6.31. The lowest BCUT2D eigenvalue weighted by atomic mass is 9.93. The number of carbonyl (C=O) groups excluding carboxylic acids is 1. The summed E-state index contributed by atoms with van der Waals surface area (Å²) < 4.78 is 0. The van der Waals surface area contributed by atoms with Crippen molar-refractivity contribution in [2.45, 2.75) is 37.8 Å². The van der Waals surface area contributed by atoms with Crippen LogP contribution < -0.4 is 15.5 Å². The Kier molecular flexibility index (Phi) is 5.31. The highest BCUT2D eigenvalue weighted by Crippen LogP contribution is 2.28. The normalized spacial score (nSPS) is 21.7. The molecule has 0 spiro atoms. The number of halogens is 1. The SMILES string of the molecule is CN(C)c1ccc(Cl)cc1NC(=O)NC1CCCCC1O. The molecule has 0 radical (unpaired) electrons. The molecular formula is C15H22ClN3O2. The van der Waals surface area contributed by atoms with Crippen molar-refractivity contribution in [2.75, 3.05) is 24.3 Å². The fourth-order valence-electron chi connectivity index (χ4n) is 2.60. The van der Waals surface area contributed by atoms with Gasteiger partial charge in [0.1, 0.15) is 0 Å². The van der Waals surface area contributed by atoms with Gasteiger partial charge in [0.15, 0.2) is 0 Å². The Bertz CT molecular complexity index is 508. The van der Waals surface area contributed by atoms with Gasteiger partial charge in [-0.25, -0.2) is 4.79 Å². The summed E-state index contributed by atoms with van der Waals surface area (Å²) in [4.78, 5) is 14.0. The Morgan fingerprint density at radius 2 is 2.05 bits per heavy atom. The van der Waals surface area contributed by atoms with Crippen LogP contribution in [0.5, 0.6) is 0 Å². The number of aliphatic hydroxyl groups excluding tert-OH is 1. The zero-order valence-corrected chi connectivity index (χ0v) is 13.2. The number of aliphatic hydroxyl groups is 1. The smallest absolute Gasteiger partial charge is 0.319 e. The molecule has 3 N–H and O–H groups in total. The monoisotopic (exact) mass is 311 g/mol. The zero-order valence-electron chi connectivity index (χ0n) is 12.4. The third-order valence-corrected chi connectivity index (χ3v) is 3.97. The van der Waals surface area contributed by atoms with Gasteiger partial charge in [-0.05, 0) is 31.0 Å². The van der Waals surface area contributed by atoms with Crippen LogP contribution in [0.25, 0.3) is 0 Å². The second kappa shape index (κ2) is 7.00. The van der Waals surface area contributed by atoms with Crippen LogP contribution in [0, 0.1) is 0 Å². The molecule has 2 amide bonds.